The number of nitrogens with zero attached hydrogens (tertiary/aromatic N) is 1. The van der Waals surface area contributed by atoms with Gasteiger partial charge >= 0.3 is 12.1 Å². The minimum absolute atomic E-state index is 0.0849. The molecule has 0 bridgehead atoms. The van der Waals surface area contributed by atoms with Gasteiger partial charge in [0.2, 0.25) is 0 Å². The van der Waals surface area contributed by atoms with E-state index < -0.39 is 17.1 Å². The number of ether oxygens (including phenoxy) is 2. The summed E-state index contributed by atoms with van der Waals surface area (Å²) >= 11 is 0. The number of carbonyl (C=O) groups is 2. The van der Waals surface area contributed by atoms with Gasteiger partial charge in [-0.15, -0.1) is 0 Å². The van der Waals surface area contributed by atoms with Crippen LogP contribution in [-0.2, 0) is 19.7 Å². The smallest absolute Gasteiger partial charge is 0.407 e. The third kappa shape index (κ3) is 6.24. The van der Waals surface area contributed by atoms with Crippen molar-refractivity contribution >= 4 is 12.1 Å². The Kier molecular flexibility index (Phi) is 6.87. The largest absolute Gasteiger partial charge is 0.462 e. The van der Waals surface area contributed by atoms with Gasteiger partial charge in [-0.3, -0.25) is 4.79 Å². The van der Waals surface area contributed by atoms with E-state index in [-0.39, 0.29) is 18.6 Å². The predicted octanol–water partition coefficient (Wildman–Crippen LogP) is 3.11. The van der Waals surface area contributed by atoms with Crippen molar-refractivity contribution in [1.82, 2.24) is 10.2 Å². The lowest BCUT2D eigenvalue weighted by Gasteiger charge is -2.33. The van der Waals surface area contributed by atoms with Gasteiger partial charge in [-0.25, -0.2) is 4.79 Å². The average Bonchev–Trinajstić information content (AvgIpc) is 2.61. The number of piperidine rings is 1. The van der Waals surface area contributed by atoms with Crippen LogP contribution < -0.4 is 5.32 Å². The first-order valence-corrected chi connectivity index (χ1v) is 9.52. The monoisotopic (exact) mass is 376 g/mol. The van der Waals surface area contributed by atoms with E-state index in [1.807, 2.05) is 30.3 Å². The van der Waals surface area contributed by atoms with Crippen LogP contribution in [0.2, 0.25) is 0 Å². The third-order valence-corrected chi connectivity index (χ3v) is 4.79. The van der Waals surface area contributed by atoms with Crippen LogP contribution in [0.5, 0.6) is 0 Å². The van der Waals surface area contributed by atoms with Gasteiger partial charge < -0.3 is 19.7 Å². The number of rotatable bonds is 5. The molecule has 0 radical (unpaired) electrons. The Balaban J connectivity index is 2.10. The van der Waals surface area contributed by atoms with Gasteiger partial charge in [0, 0.05) is 19.6 Å². The van der Waals surface area contributed by atoms with Crippen molar-refractivity contribution in [3.05, 3.63) is 35.9 Å². The summed E-state index contributed by atoms with van der Waals surface area (Å²) in [6.45, 7) is 9.15. The van der Waals surface area contributed by atoms with Crippen molar-refractivity contribution in [1.29, 1.82) is 0 Å². The number of nitrogens with one attached hydrogen (secondary N) is 1. The van der Waals surface area contributed by atoms with Crippen LogP contribution >= 0.6 is 0 Å². The van der Waals surface area contributed by atoms with Crippen molar-refractivity contribution in [2.75, 3.05) is 26.7 Å². The average molecular weight is 376 g/mol. The molecule has 0 spiro atoms. The van der Waals surface area contributed by atoms with E-state index in [0.29, 0.717) is 0 Å². The molecule has 27 heavy (non-hydrogen) atoms. The standard InChI is InChI=1S/C21H32N2O4/c1-20(2,3)27-19(25)22-15-21(4,16-9-7-6-8-10-16)18(24)26-17-11-13-23(5)14-12-17/h6-10,17H,11-15H2,1-5H3,(H,22,25). The molecule has 150 valence electrons. The first-order valence-electron chi connectivity index (χ1n) is 9.52. The van der Waals surface area contributed by atoms with Gasteiger partial charge in [-0.2, -0.15) is 0 Å². The summed E-state index contributed by atoms with van der Waals surface area (Å²) < 4.78 is 11.1. The predicted molar refractivity (Wildman–Crippen MR) is 105 cm³/mol. The molecule has 1 aliphatic rings. The highest BCUT2D eigenvalue weighted by Crippen LogP contribution is 2.27. The van der Waals surface area contributed by atoms with E-state index in [9.17, 15) is 9.59 Å². The molecular formula is C21H32N2O4. The molecule has 6 nitrogen and oxygen atoms in total. The van der Waals surface area contributed by atoms with E-state index in [1.54, 1.807) is 27.7 Å². The van der Waals surface area contributed by atoms with Crippen molar-refractivity contribution in [2.24, 2.45) is 0 Å². The Morgan fingerprint density at radius 2 is 1.70 bits per heavy atom. The number of hydrogen-bond acceptors (Lipinski definition) is 5. The summed E-state index contributed by atoms with van der Waals surface area (Å²) in [6.07, 6.45) is 1.02. The Morgan fingerprint density at radius 3 is 2.26 bits per heavy atom. The van der Waals surface area contributed by atoms with Crippen molar-refractivity contribution in [3.8, 4) is 0 Å². The van der Waals surface area contributed by atoms with Gasteiger partial charge in [0.05, 0.1) is 0 Å². The molecule has 1 heterocycles. The fourth-order valence-electron chi connectivity index (χ4n) is 3.05. The zero-order chi connectivity index (χ0) is 20.1. The van der Waals surface area contributed by atoms with E-state index in [0.717, 1.165) is 31.5 Å². The lowest BCUT2D eigenvalue weighted by molar-refractivity contribution is -0.157. The molecular weight excluding hydrogens is 344 g/mol. The summed E-state index contributed by atoms with van der Waals surface area (Å²) in [6, 6.07) is 9.42. The molecule has 0 aliphatic carbocycles. The molecule has 6 heteroatoms. The lowest BCUT2D eigenvalue weighted by Crippen LogP contribution is -2.48. The van der Waals surface area contributed by atoms with Crippen LogP contribution in [0.15, 0.2) is 30.3 Å². The Morgan fingerprint density at radius 1 is 1.11 bits per heavy atom. The zero-order valence-electron chi connectivity index (χ0n) is 17.1. The molecule has 1 aromatic rings. The molecule has 1 atom stereocenters. The summed E-state index contributed by atoms with van der Waals surface area (Å²) in [7, 11) is 2.07. The molecule has 0 saturated carbocycles. The van der Waals surface area contributed by atoms with Crippen molar-refractivity contribution in [2.45, 2.75) is 57.7 Å². The van der Waals surface area contributed by atoms with E-state index >= 15 is 0 Å². The first kappa shape index (κ1) is 21.2. The second kappa shape index (κ2) is 8.74. The molecule has 1 fully saturated rings. The van der Waals surface area contributed by atoms with E-state index in [4.69, 9.17) is 9.47 Å². The molecule has 1 saturated heterocycles. The normalized spacial score (nSPS) is 18.4. The number of amides is 1. The second-order valence-electron chi connectivity index (χ2n) is 8.46. The zero-order valence-corrected chi connectivity index (χ0v) is 17.1. The molecule has 1 aromatic carbocycles. The first-order chi connectivity index (χ1) is 12.6. The summed E-state index contributed by atoms with van der Waals surface area (Å²) in [5, 5.41) is 2.73. The minimum atomic E-state index is -0.985. The molecule has 2 rings (SSSR count). The number of hydrogen-bond donors (Lipinski definition) is 1. The number of carbonyl (C=O) groups excluding carboxylic acids is 2. The van der Waals surface area contributed by atoms with Gasteiger partial charge in [0.25, 0.3) is 0 Å². The van der Waals surface area contributed by atoms with Crippen LogP contribution in [0.3, 0.4) is 0 Å². The molecule has 1 amide bonds. The molecule has 0 aromatic heterocycles. The van der Waals surface area contributed by atoms with Crippen LogP contribution in [0, 0.1) is 0 Å². The van der Waals surface area contributed by atoms with Crippen molar-refractivity contribution < 1.29 is 19.1 Å². The maximum Gasteiger partial charge on any atom is 0.407 e. The number of likely N-dealkylation sites (tertiary alicyclic amines) is 1. The van der Waals surface area contributed by atoms with Crippen LogP contribution in [0.4, 0.5) is 4.79 Å². The molecule has 1 aliphatic heterocycles. The Bertz CT molecular complexity index is 633. The Labute approximate surface area is 162 Å². The highest BCUT2D eigenvalue weighted by atomic mass is 16.6. The van der Waals surface area contributed by atoms with E-state index in [1.165, 1.54) is 0 Å². The van der Waals surface area contributed by atoms with Gasteiger partial charge in [-0.1, -0.05) is 30.3 Å². The third-order valence-electron chi connectivity index (χ3n) is 4.79. The van der Waals surface area contributed by atoms with Crippen LogP contribution in [-0.4, -0.2) is 55.3 Å². The second-order valence-corrected chi connectivity index (χ2v) is 8.46. The minimum Gasteiger partial charge on any atom is -0.462 e. The van der Waals surface area contributed by atoms with E-state index in [2.05, 4.69) is 17.3 Å². The highest BCUT2D eigenvalue weighted by Gasteiger charge is 2.39. The number of alkyl carbamates (subject to hydrolysis) is 1. The van der Waals surface area contributed by atoms with Gasteiger partial charge in [0.1, 0.15) is 17.1 Å². The number of benzene rings is 1. The lowest BCUT2D eigenvalue weighted by atomic mass is 9.82. The molecule has 1 unspecified atom stereocenters. The van der Waals surface area contributed by atoms with Gasteiger partial charge in [-0.05, 0) is 53.1 Å². The fourth-order valence-corrected chi connectivity index (χ4v) is 3.05. The Hall–Kier alpha value is -2.08. The van der Waals surface area contributed by atoms with Crippen molar-refractivity contribution in [3.63, 3.8) is 0 Å². The van der Waals surface area contributed by atoms with Crippen LogP contribution in [0.25, 0.3) is 0 Å². The highest BCUT2D eigenvalue weighted by molar-refractivity contribution is 5.84. The summed E-state index contributed by atoms with van der Waals surface area (Å²) in [5.41, 5.74) is -0.775. The topological polar surface area (TPSA) is 67.9 Å². The van der Waals surface area contributed by atoms with Gasteiger partial charge in [0.15, 0.2) is 0 Å². The summed E-state index contributed by atoms with van der Waals surface area (Å²) in [4.78, 5) is 27.4. The quantitative estimate of drug-likeness (QED) is 0.800. The van der Waals surface area contributed by atoms with Crippen LogP contribution in [0.1, 0.15) is 46.1 Å². The fraction of sp³-hybridized carbons (Fsp3) is 0.619. The maximum atomic E-state index is 13.1. The SMILES string of the molecule is CN1CCC(OC(=O)C(C)(CNC(=O)OC(C)(C)C)c2ccccc2)CC1. The summed E-state index contributed by atoms with van der Waals surface area (Å²) in [5.74, 6) is -0.320. The molecule has 1 N–H and O–H groups in total. The number of esters is 1. The maximum absolute atomic E-state index is 13.1.